The lowest BCUT2D eigenvalue weighted by Crippen LogP contribution is -2.40. The van der Waals surface area contributed by atoms with Crippen LogP contribution in [0, 0.1) is 11.8 Å². The molecule has 0 aromatic heterocycles. The van der Waals surface area contributed by atoms with E-state index in [1.165, 1.54) is 58.3 Å². The molecule has 0 amide bonds. The molecule has 2 fully saturated rings. The van der Waals surface area contributed by atoms with Crippen molar-refractivity contribution in [2.45, 2.75) is 38.1 Å². The first-order chi connectivity index (χ1) is 8.69. The first-order valence-corrected chi connectivity index (χ1v) is 7.73. The van der Waals surface area contributed by atoms with Crippen LogP contribution in [-0.2, 0) is 0 Å². The molecule has 2 rings (SSSR count). The molecule has 3 heteroatoms. The lowest BCUT2D eigenvalue weighted by molar-refractivity contribution is 0.161. The van der Waals surface area contributed by atoms with Gasteiger partial charge in [-0.3, -0.25) is 0 Å². The number of nitrogens with one attached hydrogen (secondary N) is 1. The summed E-state index contributed by atoms with van der Waals surface area (Å²) >= 11 is 0. The van der Waals surface area contributed by atoms with Crippen molar-refractivity contribution in [3.8, 4) is 0 Å². The fourth-order valence-electron chi connectivity index (χ4n) is 3.80. The van der Waals surface area contributed by atoms with Gasteiger partial charge in [0, 0.05) is 19.1 Å². The third kappa shape index (κ3) is 3.94. The number of piperidine rings is 1. The number of hydrogen-bond donors (Lipinski definition) is 1. The maximum absolute atomic E-state index is 3.50. The van der Waals surface area contributed by atoms with Crippen molar-refractivity contribution >= 4 is 0 Å². The Labute approximate surface area is 113 Å². The van der Waals surface area contributed by atoms with Gasteiger partial charge < -0.3 is 15.1 Å². The summed E-state index contributed by atoms with van der Waals surface area (Å²) in [4.78, 5) is 5.06. The van der Waals surface area contributed by atoms with Crippen molar-refractivity contribution in [2.24, 2.45) is 11.8 Å². The van der Waals surface area contributed by atoms with E-state index in [0.29, 0.717) is 0 Å². The number of likely N-dealkylation sites (tertiary alicyclic amines) is 1. The molecule has 0 radical (unpaired) electrons. The smallest absolute Gasteiger partial charge is 0.0104 e. The highest BCUT2D eigenvalue weighted by Gasteiger charge is 2.27. The molecule has 106 valence electrons. The standard InChI is InChI=1S/C15H31N3/c1-16-15-6-4-5-14(15)12-18(3)11-13-7-9-17(2)10-8-13/h13-16H,4-12H2,1-3H3. The average Bonchev–Trinajstić information content (AvgIpc) is 2.79. The highest BCUT2D eigenvalue weighted by Crippen LogP contribution is 2.26. The van der Waals surface area contributed by atoms with Gasteiger partial charge in [-0.2, -0.15) is 0 Å². The van der Waals surface area contributed by atoms with E-state index < -0.39 is 0 Å². The van der Waals surface area contributed by atoms with Gasteiger partial charge in [0.05, 0.1) is 0 Å². The Morgan fingerprint density at radius 3 is 2.50 bits per heavy atom. The van der Waals surface area contributed by atoms with E-state index in [2.05, 4.69) is 36.3 Å². The molecule has 1 saturated heterocycles. The third-order valence-electron chi connectivity index (χ3n) is 4.98. The molecule has 1 heterocycles. The van der Waals surface area contributed by atoms with Gasteiger partial charge in [0.2, 0.25) is 0 Å². The largest absolute Gasteiger partial charge is 0.317 e. The lowest BCUT2D eigenvalue weighted by Gasteiger charge is -2.33. The third-order valence-corrected chi connectivity index (χ3v) is 4.98. The topological polar surface area (TPSA) is 18.5 Å². The Bertz CT molecular complexity index is 236. The van der Waals surface area contributed by atoms with E-state index in [1.807, 2.05) is 0 Å². The molecule has 2 atom stereocenters. The SMILES string of the molecule is CNC1CCCC1CN(C)CC1CCN(C)CC1. The van der Waals surface area contributed by atoms with E-state index in [0.717, 1.165) is 17.9 Å². The maximum Gasteiger partial charge on any atom is 0.0104 e. The molecule has 0 aromatic carbocycles. The highest BCUT2D eigenvalue weighted by atomic mass is 15.1. The van der Waals surface area contributed by atoms with Crippen molar-refractivity contribution in [1.82, 2.24) is 15.1 Å². The fourth-order valence-corrected chi connectivity index (χ4v) is 3.80. The molecule has 0 bridgehead atoms. The zero-order chi connectivity index (χ0) is 13.0. The molecular weight excluding hydrogens is 222 g/mol. The molecular formula is C15H31N3. The summed E-state index contributed by atoms with van der Waals surface area (Å²) in [5, 5.41) is 3.50. The van der Waals surface area contributed by atoms with Gasteiger partial charge in [-0.25, -0.2) is 0 Å². The Hall–Kier alpha value is -0.120. The zero-order valence-electron chi connectivity index (χ0n) is 12.5. The van der Waals surface area contributed by atoms with Gasteiger partial charge in [0.25, 0.3) is 0 Å². The van der Waals surface area contributed by atoms with E-state index in [9.17, 15) is 0 Å². The minimum Gasteiger partial charge on any atom is -0.317 e. The van der Waals surface area contributed by atoms with Crippen molar-refractivity contribution in [2.75, 3.05) is 47.3 Å². The first kappa shape index (κ1) is 14.3. The predicted octanol–water partition coefficient (Wildman–Crippen LogP) is 1.65. The molecule has 1 saturated carbocycles. The molecule has 3 nitrogen and oxygen atoms in total. The number of rotatable bonds is 5. The minimum absolute atomic E-state index is 0.768. The van der Waals surface area contributed by atoms with Crippen LogP contribution in [0.15, 0.2) is 0 Å². The second-order valence-electron chi connectivity index (χ2n) is 6.55. The van der Waals surface area contributed by atoms with Crippen LogP contribution >= 0.6 is 0 Å². The van der Waals surface area contributed by atoms with Crippen LogP contribution in [0.1, 0.15) is 32.1 Å². The Balaban J connectivity index is 1.69. The Morgan fingerprint density at radius 2 is 1.83 bits per heavy atom. The van der Waals surface area contributed by atoms with Gasteiger partial charge >= 0.3 is 0 Å². The number of nitrogens with zero attached hydrogens (tertiary/aromatic N) is 2. The summed E-state index contributed by atoms with van der Waals surface area (Å²) in [5.74, 6) is 1.81. The predicted molar refractivity (Wildman–Crippen MR) is 77.9 cm³/mol. The quantitative estimate of drug-likeness (QED) is 0.804. The highest BCUT2D eigenvalue weighted by molar-refractivity contribution is 4.84. The average molecular weight is 253 g/mol. The lowest BCUT2D eigenvalue weighted by atomic mass is 9.95. The fraction of sp³-hybridized carbons (Fsp3) is 1.00. The number of hydrogen-bond acceptors (Lipinski definition) is 3. The van der Waals surface area contributed by atoms with Crippen LogP contribution in [0.4, 0.5) is 0 Å². The monoisotopic (exact) mass is 253 g/mol. The van der Waals surface area contributed by atoms with E-state index in [-0.39, 0.29) is 0 Å². The second kappa shape index (κ2) is 6.88. The van der Waals surface area contributed by atoms with E-state index >= 15 is 0 Å². The van der Waals surface area contributed by atoms with Crippen LogP contribution in [0.2, 0.25) is 0 Å². The summed E-state index contributed by atoms with van der Waals surface area (Å²) in [6, 6.07) is 0.768. The molecule has 1 N–H and O–H groups in total. The molecule has 2 unspecified atom stereocenters. The second-order valence-corrected chi connectivity index (χ2v) is 6.55. The van der Waals surface area contributed by atoms with Gasteiger partial charge in [-0.15, -0.1) is 0 Å². The Kier molecular flexibility index (Phi) is 5.46. The summed E-state index contributed by atoms with van der Waals surface area (Å²) in [6.45, 7) is 5.18. The first-order valence-electron chi connectivity index (χ1n) is 7.73. The summed E-state index contributed by atoms with van der Waals surface area (Å²) in [6.07, 6.45) is 6.99. The summed E-state index contributed by atoms with van der Waals surface area (Å²) in [7, 11) is 6.69. The summed E-state index contributed by atoms with van der Waals surface area (Å²) < 4.78 is 0. The van der Waals surface area contributed by atoms with Gasteiger partial charge in [0.15, 0.2) is 0 Å². The minimum atomic E-state index is 0.768. The van der Waals surface area contributed by atoms with Crippen molar-refractivity contribution in [1.29, 1.82) is 0 Å². The van der Waals surface area contributed by atoms with Crippen LogP contribution in [0.5, 0.6) is 0 Å². The van der Waals surface area contributed by atoms with Crippen molar-refractivity contribution < 1.29 is 0 Å². The Morgan fingerprint density at radius 1 is 1.11 bits per heavy atom. The van der Waals surface area contributed by atoms with E-state index in [4.69, 9.17) is 0 Å². The normalized spacial score (nSPS) is 31.3. The molecule has 0 aromatic rings. The zero-order valence-corrected chi connectivity index (χ0v) is 12.5. The summed E-state index contributed by atoms with van der Waals surface area (Å²) in [5.41, 5.74) is 0. The van der Waals surface area contributed by atoms with Crippen LogP contribution in [-0.4, -0.2) is 63.2 Å². The van der Waals surface area contributed by atoms with Crippen LogP contribution in [0.3, 0.4) is 0 Å². The van der Waals surface area contributed by atoms with Gasteiger partial charge in [-0.1, -0.05) is 6.42 Å². The molecule has 1 aliphatic heterocycles. The molecule has 2 aliphatic rings. The van der Waals surface area contributed by atoms with Crippen LogP contribution < -0.4 is 5.32 Å². The van der Waals surface area contributed by atoms with Gasteiger partial charge in [-0.05, 0) is 71.8 Å². The van der Waals surface area contributed by atoms with E-state index in [1.54, 1.807) is 0 Å². The van der Waals surface area contributed by atoms with Gasteiger partial charge in [0.1, 0.15) is 0 Å². The molecule has 18 heavy (non-hydrogen) atoms. The van der Waals surface area contributed by atoms with Crippen molar-refractivity contribution in [3.63, 3.8) is 0 Å². The van der Waals surface area contributed by atoms with Crippen molar-refractivity contribution in [3.05, 3.63) is 0 Å². The molecule has 1 aliphatic carbocycles. The van der Waals surface area contributed by atoms with Crippen LogP contribution in [0.25, 0.3) is 0 Å². The maximum atomic E-state index is 3.50. The molecule has 0 spiro atoms.